The van der Waals surface area contributed by atoms with Gasteiger partial charge in [0.05, 0.1) is 0 Å². The van der Waals surface area contributed by atoms with Crippen molar-refractivity contribution in [3.05, 3.63) is 52.7 Å². The minimum absolute atomic E-state index is 0.450. The van der Waals surface area contributed by atoms with Crippen LogP contribution in [0.25, 0.3) is 0 Å². The molecule has 0 bridgehead atoms. The van der Waals surface area contributed by atoms with E-state index in [1.807, 2.05) is 11.8 Å². The highest BCUT2D eigenvalue weighted by Gasteiger charge is 2.21. The van der Waals surface area contributed by atoms with Crippen molar-refractivity contribution < 1.29 is 0 Å². The molecule has 0 aromatic heterocycles. The first-order valence-electron chi connectivity index (χ1n) is 8.56. The molecule has 1 aromatic carbocycles. The highest BCUT2D eigenvalue weighted by molar-refractivity contribution is 8.00. The summed E-state index contributed by atoms with van der Waals surface area (Å²) < 4.78 is 0. The van der Waals surface area contributed by atoms with Gasteiger partial charge in [0.2, 0.25) is 0 Å². The molecule has 1 atom stereocenters. The Morgan fingerprint density at radius 3 is 2.57 bits per heavy atom. The number of hydrogen-bond donors (Lipinski definition) is 1. The molecule has 23 heavy (non-hydrogen) atoms. The molecule has 126 valence electrons. The molecule has 1 aromatic rings. The van der Waals surface area contributed by atoms with Crippen LogP contribution in [0.5, 0.6) is 0 Å². The van der Waals surface area contributed by atoms with Crippen molar-refractivity contribution in [2.75, 3.05) is 26.2 Å². The van der Waals surface area contributed by atoms with Gasteiger partial charge < -0.3 is 10.2 Å². The van der Waals surface area contributed by atoms with Gasteiger partial charge in [0.15, 0.2) is 0 Å². The standard InChI is InChI=1S/C20H30N2S/c1-6-7-16(3)20(22-12-10-21-11-13-22)18(5)23-19-9-8-15(2)14-17(19)4/h6-9,14,18,21H,10-13H2,1-5H3/b7-6-,20-16+. The largest absolute Gasteiger partial charge is 0.371 e. The van der Waals surface area contributed by atoms with Crippen LogP contribution < -0.4 is 5.32 Å². The fourth-order valence-electron chi connectivity index (χ4n) is 3.25. The SMILES string of the molecule is C/C=C\C(C)=C(/C(C)Sc1ccc(C)cc1C)N1CCNCC1. The van der Waals surface area contributed by atoms with E-state index in [9.17, 15) is 0 Å². The zero-order valence-electron chi connectivity index (χ0n) is 15.1. The molecule has 0 spiro atoms. The fraction of sp³-hybridized carbons (Fsp3) is 0.500. The number of nitrogens with one attached hydrogen (secondary N) is 1. The summed E-state index contributed by atoms with van der Waals surface area (Å²) in [5.41, 5.74) is 5.58. The predicted molar refractivity (Wildman–Crippen MR) is 103 cm³/mol. The van der Waals surface area contributed by atoms with E-state index in [1.54, 1.807) is 0 Å². The Labute approximate surface area is 146 Å². The van der Waals surface area contributed by atoms with Gasteiger partial charge in [0.25, 0.3) is 0 Å². The van der Waals surface area contributed by atoms with Gasteiger partial charge in [-0.3, -0.25) is 0 Å². The van der Waals surface area contributed by atoms with Crippen LogP contribution in [0.4, 0.5) is 0 Å². The summed E-state index contributed by atoms with van der Waals surface area (Å²) in [6, 6.07) is 6.77. The van der Waals surface area contributed by atoms with Crippen LogP contribution in [-0.2, 0) is 0 Å². The van der Waals surface area contributed by atoms with Crippen molar-refractivity contribution in [2.24, 2.45) is 0 Å². The van der Waals surface area contributed by atoms with Crippen LogP contribution in [-0.4, -0.2) is 36.3 Å². The molecule has 1 heterocycles. The van der Waals surface area contributed by atoms with E-state index in [1.165, 1.54) is 27.3 Å². The molecule has 1 aliphatic heterocycles. The number of nitrogens with zero attached hydrogens (tertiary/aromatic N) is 1. The van der Waals surface area contributed by atoms with Gasteiger partial charge in [0, 0.05) is 42.0 Å². The van der Waals surface area contributed by atoms with E-state index < -0.39 is 0 Å². The molecular formula is C20H30N2S. The van der Waals surface area contributed by atoms with Crippen molar-refractivity contribution in [2.45, 2.75) is 44.8 Å². The van der Waals surface area contributed by atoms with Gasteiger partial charge in [-0.05, 0) is 51.8 Å². The minimum Gasteiger partial charge on any atom is -0.371 e. The zero-order valence-corrected chi connectivity index (χ0v) is 16.0. The van der Waals surface area contributed by atoms with Gasteiger partial charge in [-0.25, -0.2) is 0 Å². The lowest BCUT2D eigenvalue weighted by Crippen LogP contribution is -2.44. The Bertz CT molecular complexity index is 583. The smallest absolute Gasteiger partial charge is 0.0468 e. The van der Waals surface area contributed by atoms with Gasteiger partial charge in [0.1, 0.15) is 0 Å². The summed E-state index contributed by atoms with van der Waals surface area (Å²) in [6.07, 6.45) is 4.39. The van der Waals surface area contributed by atoms with Gasteiger partial charge >= 0.3 is 0 Å². The number of hydrogen-bond acceptors (Lipinski definition) is 3. The fourth-order valence-corrected chi connectivity index (χ4v) is 4.46. The molecule has 2 rings (SSSR count). The highest BCUT2D eigenvalue weighted by Crippen LogP contribution is 2.33. The van der Waals surface area contributed by atoms with Crippen LogP contribution in [0.1, 0.15) is 31.9 Å². The van der Waals surface area contributed by atoms with Crippen LogP contribution >= 0.6 is 11.8 Å². The average molecular weight is 331 g/mol. The first kappa shape index (κ1) is 18.2. The Kier molecular flexibility index (Phi) is 6.79. The molecule has 0 radical (unpaired) electrons. The molecule has 0 saturated carbocycles. The van der Waals surface area contributed by atoms with E-state index in [2.05, 4.69) is 75.2 Å². The van der Waals surface area contributed by atoms with E-state index in [0.717, 1.165) is 26.2 Å². The molecule has 2 nitrogen and oxygen atoms in total. The first-order valence-corrected chi connectivity index (χ1v) is 9.44. The number of benzene rings is 1. The molecule has 1 fully saturated rings. The van der Waals surface area contributed by atoms with E-state index in [4.69, 9.17) is 0 Å². The third-order valence-electron chi connectivity index (χ3n) is 4.30. The van der Waals surface area contributed by atoms with Crippen molar-refractivity contribution in [3.8, 4) is 0 Å². The average Bonchev–Trinajstić information content (AvgIpc) is 2.52. The second-order valence-corrected chi connectivity index (χ2v) is 7.72. The third-order valence-corrected chi connectivity index (χ3v) is 5.59. The van der Waals surface area contributed by atoms with Gasteiger partial charge in [-0.15, -0.1) is 11.8 Å². The van der Waals surface area contributed by atoms with Crippen molar-refractivity contribution in [1.82, 2.24) is 10.2 Å². The quantitative estimate of drug-likeness (QED) is 0.630. The van der Waals surface area contributed by atoms with Crippen LogP contribution in [0.3, 0.4) is 0 Å². The molecule has 0 amide bonds. The molecule has 0 aliphatic carbocycles. The molecule has 1 unspecified atom stereocenters. The van der Waals surface area contributed by atoms with Crippen LogP contribution in [0, 0.1) is 13.8 Å². The van der Waals surface area contributed by atoms with E-state index >= 15 is 0 Å². The number of allylic oxidation sites excluding steroid dienone is 3. The summed E-state index contributed by atoms with van der Waals surface area (Å²) >= 11 is 1.98. The van der Waals surface area contributed by atoms with E-state index in [0.29, 0.717) is 5.25 Å². The second-order valence-electron chi connectivity index (χ2n) is 6.33. The normalized spacial score (nSPS) is 18.2. The predicted octanol–water partition coefficient (Wildman–Crippen LogP) is 4.54. The topological polar surface area (TPSA) is 15.3 Å². The maximum absolute atomic E-state index is 3.46. The molecule has 3 heteroatoms. The summed E-state index contributed by atoms with van der Waals surface area (Å²) in [5.74, 6) is 0. The molecule has 1 aliphatic rings. The van der Waals surface area contributed by atoms with Crippen molar-refractivity contribution in [3.63, 3.8) is 0 Å². The third kappa shape index (κ3) is 4.89. The Morgan fingerprint density at radius 1 is 1.26 bits per heavy atom. The second kappa shape index (κ2) is 8.60. The summed E-state index contributed by atoms with van der Waals surface area (Å²) in [5, 5.41) is 3.91. The zero-order chi connectivity index (χ0) is 16.8. The lowest BCUT2D eigenvalue weighted by molar-refractivity contribution is 0.292. The maximum atomic E-state index is 3.46. The number of aryl methyl sites for hydroxylation is 2. The minimum atomic E-state index is 0.450. The van der Waals surface area contributed by atoms with E-state index in [-0.39, 0.29) is 0 Å². The molecule has 1 N–H and O–H groups in total. The van der Waals surface area contributed by atoms with Gasteiger partial charge in [-0.2, -0.15) is 0 Å². The lowest BCUT2D eigenvalue weighted by atomic mass is 10.1. The Morgan fingerprint density at radius 2 is 1.96 bits per heavy atom. The Balaban J connectivity index is 2.25. The summed E-state index contributed by atoms with van der Waals surface area (Å²) in [6.45, 7) is 15.4. The summed E-state index contributed by atoms with van der Waals surface area (Å²) in [4.78, 5) is 3.96. The highest BCUT2D eigenvalue weighted by atomic mass is 32.2. The molecule has 1 saturated heterocycles. The Hall–Kier alpha value is -1.19. The van der Waals surface area contributed by atoms with Gasteiger partial charge in [-0.1, -0.05) is 29.8 Å². The van der Waals surface area contributed by atoms with Crippen molar-refractivity contribution >= 4 is 11.8 Å². The maximum Gasteiger partial charge on any atom is 0.0468 e. The van der Waals surface area contributed by atoms with Crippen molar-refractivity contribution in [1.29, 1.82) is 0 Å². The first-order chi connectivity index (χ1) is 11.0. The number of rotatable bonds is 5. The monoisotopic (exact) mass is 330 g/mol. The number of thioether (sulfide) groups is 1. The lowest BCUT2D eigenvalue weighted by Gasteiger charge is -2.35. The molecular weight excluding hydrogens is 300 g/mol. The van der Waals surface area contributed by atoms with Crippen LogP contribution in [0.15, 0.2) is 46.5 Å². The number of piperazine rings is 1. The van der Waals surface area contributed by atoms with Crippen LogP contribution in [0.2, 0.25) is 0 Å². The summed E-state index contributed by atoms with van der Waals surface area (Å²) in [7, 11) is 0.